The largest absolute Gasteiger partial charge is 0.464 e. The predicted octanol–water partition coefficient (Wildman–Crippen LogP) is 1.73. The Morgan fingerprint density at radius 2 is 2.35 bits per heavy atom. The fraction of sp³-hybridized carbons (Fsp3) is 0.333. The number of esters is 1. The van der Waals surface area contributed by atoms with Gasteiger partial charge in [-0.1, -0.05) is 12.1 Å². The van der Waals surface area contributed by atoms with E-state index in [1.54, 1.807) is 32.0 Å². The summed E-state index contributed by atoms with van der Waals surface area (Å²) in [5, 5.41) is 9.87. The minimum Gasteiger partial charge on any atom is -0.464 e. The van der Waals surface area contributed by atoms with Gasteiger partial charge in [0.15, 0.2) is 17.6 Å². The van der Waals surface area contributed by atoms with Gasteiger partial charge in [-0.2, -0.15) is 0 Å². The number of nitrogens with zero attached hydrogens (tertiary/aromatic N) is 1. The van der Waals surface area contributed by atoms with Crippen molar-refractivity contribution < 1.29 is 19.1 Å². The van der Waals surface area contributed by atoms with Gasteiger partial charge in [0.2, 0.25) is 0 Å². The molecule has 2 aromatic rings. The highest BCUT2D eigenvalue weighted by Crippen LogP contribution is 2.25. The third-order valence-corrected chi connectivity index (χ3v) is 2.36. The van der Waals surface area contributed by atoms with Crippen LogP contribution >= 0.6 is 0 Å². The number of aliphatic hydroxyl groups is 1. The van der Waals surface area contributed by atoms with E-state index in [9.17, 15) is 9.90 Å². The van der Waals surface area contributed by atoms with Crippen molar-refractivity contribution in [1.82, 2.24) is 4.98 Å². The Bertz CT molecular complexity index is 546. The molecule has 1 aromatic heterocycles. The van der Waals surface area contributed by atoms with E-state index in [4.69, 9.17) is 9.15 Å². The number of fused-ring (bicyclic) bond motifs is 1. The Kier molecular flexibility index (Phi) is 3.10. The van der Waals surface area contributed by atoms with Crippen molar-refractivity contribution in [2.75, 3.05) is 6.61 Å². The molecular formula is C12H13NO4. The summed E-state index contributed by atoms with van der Waals surface area (Å²) in [7, 11) is 0. The first-order chi connectivity index (χ1) is 8.13. The zero-order valence-electron chi connectivity index (χ0n) is 9.64. The van der Waals surface area contributed by atoms with Gasteiger partial charge in [0.1, 0.15) is 5.52 Å². The molecule has 0 fully saturated rings. The summed E-state index contributed by atoms with van der Waals surface area (Å²) < 4.78 is 10.1. The zero-order valence-corrected chi connectivity index (χ0v) is 9.64. The van der Waals surface area contributed by atoms with E-state index in [0.29, 0.717) is 22.6 Å². The minimum absolute atomic E-state index is 0.226. The molecule has 0 aliphatic heterocycles. The highest BCUT2D eigenvalue weighted by atomic mass is 16.5. The summed E-state index contributed by atoms with van der Waals surface area (Å²) in [6.45, 7) is 3.62. The van der Waals surface area contributed by atoms with Crippen molar-refractivity contribution in [2.24, 2.45) is 0 Å². The number of hydrogen-bond acceptors (Lipinski definition) is 5. The van der Waals surface area contributed by atoms with Crippen molar-refractivity contribution in [3.63, 3.8) is 0 Å². The predicted molar refractivity (Wildman–Crippen MR) is 60.3 cm³/mol. The van der Waals surface area contributed by atoms with Crippen molar-refractivity contribution >= 4 is 17.1 Å². The van der Waals surface area contributed by atoms with Gasteiger partial charge in [0.25, 0.3) is 0 Å². The lowest BCUT2D eigenvalue weighted by molar-refractivity contribution is -0.153. The number of aromatic nitrogens is 1. The van der Waals surface area contributed by atoms with Gasteiger partial charge in [-0.15, -0.1) is 0 Å². The van der Waals surface area contributed by atoms with E-state index < -0.39 is 12.1 Å². The maximum Gasteiger partial charge on any atom is 0.339 e. The number of aryl methyl sites for hydroxylation is 1. The van der Waals surface area contributed by atoms with Gasteiger partial charge in [0.05, 0.1) is 6.61 Å². The molecule has 0 spiro atoms. The number of oxazole rings is 1. The van der Waals surface area contributed by atoms with Crippen LogP contribution in [0.2, 0.25) is 0 Å². The molecule has 5 nitrogen and oxygen atoms in total. The lowest BCUT2D eigenvalue weighted by Crippen LogP contribution is -2.15. The Balaban J connectivity index is 2.44. The van der Waals surface area contributed by atoms with E-state index >= 15 is 0 Å². The van der Waals surface area contributed by atoms with Gasteiger partial charge in [0, 0.05) is 12.5 Å². The molecule has 1 unspecified atom stereocenters. The number of carbonyl (C=O) groups is 1. The Labute approximate surface area is 98.0 Å². The van der Waals surface area contributed by atoms with Crippen LogP contribution in [0.1, 0.15) is 24.5 Å². The average Bonchev–Trinajstić information content (AvgIpc) is 2.68. The molecule has 2 rings (SSSR count). The Hall–Kier alpha value is -1.88. The topological polar surface area (TPSA) is 72.6 Å². The number of rotatable bonds is 3. The second kappa shape index (κ2) is 4.55. The summed E-state index contributed by atoms with van der Waals surface area (Å²) in [6, 6.07) is 5.06. The number of para-hydroxylation sites is 1. The van der Waals surface area contributed by atoms with Crippen LogP contribution in [0, 0.1) is 6.92 Å². The molecule has 5 heteroatoms. The maximum absolute atomic E-state index is 11.5. The molecule has 1 heterocycles. The fourth-order valence-electron chi connectivity index (χ4n) is 1.65. The summed E-state index contributed by atoms with van der Waals surface area (Å²) in [4.78, 5) is 15.6. The van der Waals surface area contributed by atoms with Crippen molar-refractivity contribution in [3.05, 3.63) is 29.7 Å². The van der Waals surface area contributed by atoms with Gasteiger partial charge >= 0.3 is 5.97 Å². The van der Waals surface area contributed by atoms with E-state index in [-0.39, 0.29) is 6.61 Å². The summed E-state index contributed by atoms with van der Waals surface area (Å²) >= 11 is 0. The first kappa shape index (κ1) is 11.6. The van der Waals surface area contributed by atoms with Crippen LogP contribution in [-0.4, -0.2) is 22.7 Å². The second-order valence-electron chi connectivity index (χ2n) is 3.58. The Morgan fingerprint density at radius 1 is 1.59 bits per heavy atom. The Morgan fingerprint density at radius 3 is 3.06 bits per heavy atom. The smallest absolute Gasteiger partial charge is 0.339 e. The number of aliphatic hydroxyl groups excluding tert-OH is 1. The molecule has 0 radical (unpaired) electrons. The van der Waals surface area contributed by atoms with E-state index in [0.717, 1.165) is 0 Å². The van der Waals surface area contributed by atoms with E-state index in [1.807, 2.05) is 0 Å². The molecule has 0 bridgehead atoms. The third-order valence-electron chi connectivity index (χ3n) is 2.36. The normalized spacial score (nSPS) is 12.6. The van der Waals surface area contributed by atoms with Crippen LogP contribution < -0.4 is 0 Å². The molecule has 17 heavy (non-hydrogen) atoms. The minimum atomic E-state index is -1.33. The number of ether oxygens (including phenoxy) is 1. The fourth-order valence-corrected chi connectivity index (χ4v) is 1.65. The van der Waals surface area contributed by atoms with Gasteiger partial charge < -0.3 is 14.3 Å². The standard InChI is InChI=1S/C12H13NO4/c1-3-16-12(15)11(14)8-5-4-6-9-10(8)13-7(2)17-9/h4-6,11,14H,3H2,1-2H3. The second-order valence-corrected chi connectivity index (χ2v) is 3.58. The molecule has 0 saturated heterocycles. The van der Waals surface area contributed by atoms with Gasteiger partial charge in [-0.05, 0) is 13.0 Å². The van der Waals surface area contributed by atoms with Crippen molar-refractivity contribution in [1.29, 1.82) is 0 Å². The highest BCUT2D eigenvalue weighted by Gasteiger charge is 2.22. The molecular weight excluding hydrogens is 222 g/mol. The lowest BCUT2D eigenvalue weighted by Gasteiger charge is -2.09. The van der Waals surface area contributed by atoms with Gasteiger partial charge in [-0.3, -0.25) is 0 Å². The molecule has 0 aliphatic carbocycles. The van der Waals surface area contributed by atoms with Crippen LogP contribution in [0.15, 0.2) is 22.6 Å². The van der Waals surface area contributed by atoms with Crippen molar-refractivity contribution in [2.45, 2.75) is 20.0 Å². The number of hydrogen-bond donors (Lipinski definition) is 1. The maximum atomic E-state index is 11.5. The first-order valence-electron chi connectivity index (χ1n) is 5.34. The molecule has 0 amide bonds. The lowest BCUT2D eigenvalue weighted by atomic mass is 10.1. The molecule has 1 aromatic carbocycles. The molecule has 90 valence electrons. The SMILES string of the molecule is CCOC(=O)C(O)c1cccc2oc(C)nc12. The van der Waals surface area contributed by atoms with Crippen LogP contribution in [0.4, 0.5) is 0 Å². The van der Waals surface area contributed by atoms with Gasteiger partial charge in [-0.25, -0.2) is 9.78 Å². The third kappa shape index (κ3) is 2.14. The highest BCUT2D eigenvalue weighted by molar-refractivity contribution is 5.85. The number of benzene rings is 1. The molecule has 0 aliphatic rings. The van der Waals surface area contributed by atoms with E-state index in [2.05, 4.69) is 4.98 Å². The van der Waals surface area contributed by atoms with Crippen LogP contribution in [0.25, 0.3) is 11.1 Å². The summed E-state index contributed by atoms with van der Waals surface area (Å²) in [6.07, 6.45) is -1.33. The molecule has 1 atom stereocenters. The molecule has 1 N–H and O–H groups in total. The summed E-state index contributed by atoms with van der Waals surface area (Å²) in [5.74, 6) is -0.191. The first-order valence-corrected chi connectivity index (χ1v) is 5.34. The quantitative estimate of drug-likeness (QED) is 0.820. The van der Waals surface area contributed by atoms with Crippen molar-refractivity contribution in [3.8, 4) is 0 Å². The van der Waals surface area contributed by atoms with Crippen LogP contribution in [0.5, 0.6) is 0 Å². The number of carbonyl (C=O) groups excluding carboxylic acids is 1. The molecule has 0 saturated carbocycles. The zero-order chi connectivity index (χ0) is 12.4. The summed E-state index contributed by atoms with van der Waals surface area (Å²) in [5.41, 5.74) is 1.44. The van der Waals surface area contributed by atoms with Crippen LogP contribution in [-0.2, 0) is 9.53 Å². The van der Waals surface area contributed by atoms with E-state index in [1.165, 1.54) is 0 Å². The average molecular weight is 235 g/mol. The van der Waals surface area contributed by atoms with Crippen LogP contribution in [0.3, 0.4) is 0 Å². The monoisotopic (exact) mass is 235 g/mol.